The predicted molar refractivity (Wildman–Crippen MR) is 503 cm³/mol. The lowest BCUT2D eigenvalue weighted by atomic mass is 9.80. The average Bonchev–Trinajstić information content (AvgIpc) is 1.73. The van der Waals surface area contributed by atoms with Crippen molar-refractivity contribution < 1.29 is 95.9 Å². The molecule has 1 saturated carbocycles. The minimum absolute atomic E-state index is 0.000101. The number of H-pyrrole nitrogens is 1. The summed E-state index contributed by atoms with van der Waals surface area (Å²) in [5.41, 5.74) is 21.8. The Bertz CT molecular complexity index is 5350. The average molecular weight is 1880 g/mol. The number of Topliss-reactive ketones (excluding diaryl/α,β-unsaturated/α-hetero) is 3. The number of piperidine rings is 1. The molecule has 2 bridgehead atoms. The molecule has 0 spiro atoms. The van der Waals surface area contributed by atoms with Crippen molar-refractivity contribution in [3.05, 3.63) is 149 Å². The van der Waals surface area contributed by atoms with E-state index in [1.165, 1.54) is 38.5 Å². The van der Waals surface area contributed by atoms with Crippen LogP contribution in [0.3, 0.4) is 0 Å². The fraction of sp³-hybridized carbons (Fsp3) is 0.571. The largest absolute Gasteiger partial charge is 0.459 e. The van der Waals surface area contributed by atoms with Gasteiger partial charge in [-0.1, -0.05) is 82.4 Å². The van der Waals surface area contributed by atoms with Crippen molar-refractivity contribution >= 4 is 86.9 Å². The Morgan fingerprint density at radius 1 is 0.706 bits per heavy atom. The quantitative estimate of drug-likeness (QED) is 0.00976. The number of ether oxygens (including phenoxy) is 10. The van der Waals surface area contributed by atoms with Crippen molar-refractivity contribution in [1.29, 1.82) is 0 Å². The summed E-state index contributed by atoms with van der Waals surface area (Å²) in [4.78, 5) is 154. The Labute approximate surface area is 792 Å². The van der Waals surface area contributed by atoms with Crippen LogP contribution in [0.2, 0.25) is 0 Å². The third kappa shape index (κ3) is 26.7. The number of fused-ring (bicyclic) bond motifs is 6. The number of piperazine rings is 1. The normalized spacial score (nSPS) is 26.6. The molecule has 6 aliphatic rings. The molecule has 0 radical (unpaired) electrons. The molecule has 38 nitrogen and oxygen atoms in total. The Morgan fingerprint density at radius 2 is 1.42 bits per heavy atom. The van der Waals surface area contributed by atoms with Gasteiger partial charge in [0.25, 0.3) is 17.6 Å². The number of carbonyl (C=O) groups excluding carboxylic acids is 8. The number of pyridine rings is 1. The molecule has 11 heterocycles. The summed E-state index contributed by atoms with van der Waals surface area (Å²) >= 11 is 0. The molecule has 0 unspecified atom stereocenters. The number of allylic oxidation sites excluding steroid dienone is 6. The van der Waals surface area contributed by atoms with Gasteiger partial charge in [-0.3, -0.25) is 28.8 Å². The SMILES string of the molecule is CO[C@H]1C[C@@H]2CC[C@@H](C)[C@@](O)(O2)C(=O)C(=O)N2CCCC[C@H]2C(=O)O[C@H]([C@H](N)C[C@@H]2CC[C@@H](OC(=O)NCc3cnc(N4CCN(c5ncc(C(=O)NCCOCCOCCOCCOCCC(=O)N6CCc7cc(Cn8nc(-c9cnc%10[nH]ccc%10c9)c9c(N)ncnc98)ccc7C6)cn5)CC4)nc3)[C@H](OC)C2)CC(=O)[C@H](C)/C=C(\C)[C@@H](O)[C@@H](OC)C(=O)[C@H](C)C[C@H](C)/C=C/C=C/C=C/1C. The van der Waals surface area contributed by atoms with Gasteiger partial charge in [0, 0.05) is 171 Å². The lowest BCUT2D eigenvalue weighted by Crippen LogP contribution is -2.61. The number of aromatic amines is 1. The van der Waals surface area contributed by atoms with Crippen molar-refractivity contribution in [1.82, 2.24) is 70.1 Å². The maximum absolute atomic E-state index is 14.8. The molecule has 734 valence electrons. The molecular formula is C98H132N18O20. The van der Waals surface area contributed by atoms with Gasteiger partial charge in [0.15, 0.2) is 11.4 Å². The van der Waals surface area contributed by atoms with Crippen LogP contribution in [0.4, 0.5) is 22.5 Å². The number of nitrogens with two attached hydrogens (primary N) is 2. The number of methoxy groups -OCH3 is 3. The summed E-state index contributed by atoms with van der Waals surface area (Å²) < 4.78 is 60.5. The number of esters is 1. The monoisotopic (exact) mass is 1880 g/mol. The van der Waals surface area contributed by atoms with Crippen molar-refractivity contribution in [2.45, 2.75) is 212 Å². The number of aromatic nitrogens is 10. The smallest absolute Gasteiger partial charge is 0.407 e. The molecule has 38 heteroatoms. The number of nitrogens with one attached hydrogen (secondary N) is 3. The van der Waals surface area contributed by atoms with Gasteiger partial charge >= 0.3 is 12.1 Å². The van der Waals surface area contributed by atoms with E-state index in [2.05, 4.69) is 68.7 Å². The van der Waals surface area contributed by atoms with Crippen molar-refractivity contribution in [3.8, 4) is 11.3 Å². The van der Waals surface area contributed by atoms with Gasteiger partial charge in [-0.05, 0) is 136 Å². The zero-order valence-corrected chi connectivity index (χ0v) is 79.3. The van der Waals surface area contributed by atoms with Crippen LogP contribution in [0.15, 0.2) is 121 Å². The number of alkyl carbamates (subject to hydrolysis) is 1. The number of aliphatic hydroxyl groups is 2. The van der Waals surface area contributed by atoms with E-state index in [1.807, 2.05) is 81.9 Å². The first-order valence-corrected chi connectivity index (χ1v) is 47.4. The Hall–Kier alpha value is -11.3. The van der Waals surface area contributed by atoms with E-state index in [-0.39, 0.29) is 94.4 Å². The number of ketones is 3. The molecule has 136 heavy (non-hydrogen) atoms. The molecule has 9 N–H and O–H groups in total. The van der Waals surface area contributed by atoms with Crippen LogP contribution in [-0.2, 0) is 102 Å². The van der Waals surface area contributed by atoms with Gasteiger partial charge in [-0.25, -0.2) is 49.2 Å². The number of cyclic esters (lactones) is 1. The predicted octanol–water partition coefficient (Wildman–Crippen LogP) is 7.80. The van der Waals surface area contributed by atoms with Crippen LogP contribution in [0, 0.1) is 29.6 Å². The number of hydrogen-bond donors (Lipinski definition) is 7. The maximum Gasteiger partial charge on any atom is 0.407 e. The minimum atomic E-state index is -2.51. The molecule has 4 amide bonds. The van der Waals surface area contributed by atoms with Crippen LogP contribution in [0.1, 0.15) is 158 Å². The third-order valence-corrected chi connectivity index (χ3v) is 26.6. The van der Waals surface area contributed by atoms with Gasteiger partial charge in [-0.15, -0.1) is 0 Å². The summed E-state index contributed by atoms with van der Waals surface area (Å²) in [6, 6.07) is 8.07. The van der Waals surface area contributed by atoms with E-state index in [1.54, 1.807) is 59.5 Å². The van der Waals surface area contributed by atoms with Crippen molar-refractivity contribution in [2.24, 2.45) is 35.3 Å². The highest BCUT2D eigenvalue weighted by atomic mass is 16.6. The topological polar surface area (TPSA) is 482 Å². The van der Waals surface area contributed by atoms with Crippen LogP contribution >= 0.6 is 0 Å². The van der Waals surface area contributed by atoms with Crippen LogP contribution < -0.4 is 31.9 Å². The minimum Gasteiger partial charge on any atom is -0.459 e. The summed E-state index contributed by atoms with van der Waals surface area (Å²) in [6.07, 6.45) is 20.1. The molecule has 7 aromatic rings. The van der Waals surface area contributed by atoms with E-state index in [0.717, 1.165) is 44.6 Å². The highest BCUT2D eigenvalue weighted by molar-refractivity contribution is 6.39. The van der Waals surface area contributed by atoms with Crippen molar-refractivity contribution in [3.63, 3.8) is 0 Å². The number of hydrogen-bond acceptors (Lipinski definition) is 32. The number of anilines is 3. The molecule has 6 aromatic heterocycles. The number of rotatable bonds is 30. The zero-order chi connectivity index (χ0) is 96.5. The highest BCUT2D eigenvalue weighted by Gasteiger charge is 2.53. The van der Waals surface area contributed by atoms with E-state index in [0.29, 0.717) is 188 Å². The summed E-state index contributed by atoms with van der Waals surface area (Å²) in [6.45, 7) is 17.4. The van der Waals surface area contributed by atoms with Crippen molar-refractivity contribution in [2.75, 3.05) is 136 Å². The Kier molecular flexibility index (Phi) is 36.9. The van der Waals surface area contributed by atoms with Gasteiger partial charge in [0.2, 0.25) is 23.6 Å². The van der Waals surface area contributed by atoms with E-state index in [4.69, 9.17) is 63.9 Å². The van der Waals surface area contributed by atoms with Crippen LogP contribution in [0.25, 0.3) is 33.3 Å². The summed E-state index contributed by atoms with van der Waals surface area (Å²) in [5, 5.41) is 36.1. The summed E-state index contributed by atoms with van der Waals surface area (Å²) in [7, 11) is 4.43. The number of amides is 4. The number of benzene rings is 1. The third-order valence-electron chi connectivity index (χ3n) is 26.6. The molecule has 5 aliphatic heterocycles. The number of nitrogens with zero attached hydrogens (tertiary/aromatic N) is 13. The van der Waals surface area contributed by atoms with E-state index < -0.39 is 108 Å². The van der Waals surface area contributed by atoms with Gasteiger partial charge in [0.05, 0.1) is 95.1 Å². The number of nitrogen functional groups attached to an aromatic ring is 1. The first-order chi connectivity index (χ1) is 65.7. The number of aliphatic hydroxyl groups excluding tert-OH is 1. The standard InChI is InChI=1S/C98H132N18O20/c1-60-15-11-10-12-16-61(2)79(127-7)49-74-22-18-65(6)98(126,136-74)88(121)93(123)115-29-14-13-17-76(115)94(124)134-80(50-77(117)62(3)44-64(5)86(120)87(129-9)85(119)63(4)43-60)75(99)46-66-20-23-78(81(47-66)128-8)135-97(125)108-53-68-51-104-95(105-52-68)112-31-33-113(34-32-112)96-106-55-73(56-107-96)92(122)102-28-36-131-38-40-133-42-41-132-39-37-130-35-26-82(118)114-30-25-69-45-67(19-21-71(69)58-114)57-116-91-83(89(100)109-59-110-91)84(111-116)72-48-70-24-27-101-90(70)103-54-72/h10-12,15-16,19,21,24,27,44-45,48,51-52,54-56,59-60,62-63,65-66,74-76,78-81,86-87,120,126H,13-14,17-18,20,22-23,25-26,28-43,46-47,49-50,53,57-58,99H2,1-9H3,(H,101,103)(H,102,122)(H,108,125)(H2,100,109,110)/b12-10+,15-11+,61-16+,64-44+/t60-,62-,63-,65-,66+,74+,75-,76+,78-,79+,80+,81-,86-,87+,98-/m1/s1. The maximum atomic E-state index is 14.8. The number of carbonyl (C=O) groups is 8. The fourth-order valence-electron chi connectivity index (χ4n) is 18.6. The molecule has 1 aromatic carbocycles. The van der Waals surface area contributed by atoms with E-state index in [9.17, 15) is 48.6 Å². The van der Waals surface area contributed by atoms with E-state index >= 15 is 0 Å². The molecule has 13 rings (SSSR count). The second-order valence-electron chi connectivity index (χ2n) is 36.4. The van der Waals surface area contributed by atoms with Crippen LogP contribution in [0.5, 0.6) is 0 Å². The fourth-order valence-corrected chi connectivity index (χ4v) is 18.6. The molecule has 4 fully saturated rings. The first kappa shape index (κ1) is 102. The first-order valence-electron chi connectivity index (χ1n) is 47.4. The second kappa shape index (κ2) is 49.1. The molecule has 15 atom stereocenters. The Balaban J connectivity index is 0.494. The summed E-state index contributed by atoms with van der Waals surface area (Å²) in [5.74, 6) is -7.77. The zero-order valence-electron chi connectivity index (χ0n) is 79.3. The van der Waals surface area contributed by atoms with Gasteiger partial charge in [-0.2, -0.15) is 5.10 Å². The highest BCUT2D eigenvalue weighted by Crippen LogP contribution is 2.39. The van der Waals surface area contributed by atoms with Crippen LogP contribution in [-0.4, -0.2) is 297 Å². The Morgan fingerprint density at radius 3 is 2.13 bits per heavy atom. The molecule has 3 saturated heterocycles. The lowest BCUT2D eigenvalue weighted by molar-refractivity contribution is -0.265. The van der Waals surface area contributed by atoms with Gasteiger partial charge < -0.3 is 104 Å². The molecule has 1 aliphatic carbocycles. The second-order valence-corrected chi connectivity index (χ2v) is 36.4. The lowest BCUT2D eigenvalue weighted by Gasteiger charge is -2.42. The van der Waals surface area contributed by atoms with Gasteiger partial charge in [0.1, 0.15) is 59.7 Å². The molecular weight excluding hydrogens is 1750 g/mol.